The lowest BCUT2D eigenvalue weighted by atomic mass is 9.58. The Bertz CT molecular complexity index is 494. The lowest BCUT2D eigenvalue weighted by Gasteiger charge is -2.48. The van der Waals surface area contributed by atoms with E-state index in [0.717, 1.165) is 19.3 Å². The highest BCUT2D eigenvalue weighted by atomic mass is 16.7. The van der Waals surface area contributed by atoms with Gasteiger partial charge in [0.2, 0.25) is 0 Å². The summed E-state index contributed by atoms with van der Waals surface area (Å²) in [7, 11) is 0. The van der Waals surface area contributed by atoms with Gasteiger partial charge in [0.15, 0.2) is 0 Å². The van der Waals surface area contributed by atoms with Crippen LogP contribution in [0, 0.1) is 28.1 Å². The maximum atomic E-state index is 12.2. The first kappa shape index (κ1) is 11.7. The van der Waals surface area contributed by atoms with Crippen molar-refractivity contribution in [3.63, 3.8) is 0 Å². The van der Waals surface area contributed by atoms with Crippen molar-refractivity contribution >= 4 is 11.9 Å². The Morgan fingerprint density at radius 2 is 1.84 bits per heavy atom. The second-order valence-corrected chi connectivity index (χ2v) is 7.78. The number of carbonyl (C=O) groups excluding carboxylic acids is 2. The van der Waals surface area contributed by atoms with Gasteiger partial charge in [0.05, 0.1) is 17.8 Å². The Balaban J connectivity index is 1.95. The zero-order valence-corrected chi connectivity index (χ0v) is 11.7. The van der Waals surface area contributed by atoms with Crippen LogP contribution >= 0.6 is 0 Å². The van der Waals surface area contributed by atoms with Crippen molar-refractivity contribution in [3.8, 4) is 0 Å². The molecule has 4 fully saturated rings. The van der Waals surface area contributed by atoms with Gasteiger partial charge in [-0.15, -0.1) is 0 Å². The van der Waals surface area contributed by atoms with E-state index in [1.807, 2.05) is 0 Å². The molecule has 2 heterocycles. The maximum absolute atomic E-state index is 12.2. The average Bonchev–Trinajstić information content (AvgIpc) is 2.80. The van der Waals surface area contributed by atoms with Gasteiger partial charge in [0.25, 0.3) is 6.29 Å². The topological polar surface area (TPSA) is 52.6 Å². The highest BCUT2D eigenvalue weighted by Gasteiger charge is 2.80. The van der Waals surface area contributed by atoms with Crippen molar-refractivity contribution in [1.82, 2.24) is 0 Å². The van der Waals surface area contributed by atoms with Crippen molar-refractivity contribution in [3.05, 3.63) is 0 Å². The molecule has 2 aliphatic carbocycles. The van der Waals surface area contributed by atoms with Gasteiger partial charge in [-0.3, -0.25) is 9.59 Å². The van der Waals surface area contributed by atoms with Crippen LogP contribution in [0.1, 0.15) is 46.5 Å². The van der Waals surface area contributed by atoms with Gasteiger partial charge < -0.3 is 9.47 Å². The summed E-state index contributed by atoms with van der Waals surface area (Å²) in [6.45, 7) is 6.70. The molecule has 0 N–H and O–H groups in total. The predicted octanol–water partition coefficient (Wildman–Crippen LogP) is 2.27. The molecule has 0 aromatic rings. The highest BCUT2D eigenvalue weighted by Crippen LogP contribution is 2.77. The molecule has 1 spiro atoms. The molecular weight excluding hydrogens is 244 g/mol. The molecular formula is C15H20O4. The van der Waals surface area contributed by atoms with Crippen LogP contribution < -0.4 is 0 Å². The Hall–Kier alpha value is -1.06. The Labute approximate surface area is 112 Å². The summed E-state index contributed by atoms with van der Waals surface area (Å²) in [4.78, 5) is 24.1. The molecule has 0 bridgehead atoms. The van der Waals surface area contributed by atoms with Crippen molar-refractivity contribution in [1.29, 1.82) is 0 Å². The maximum Gasteiger partial charge on any atom is 0.312 e. The minimum Gasteiger partial charge on any atom is -0.424 e. The number of hydrogen-bond donors (Lipinski definition) is 0. The molecule has 2 unspecified atom stereocenters. The number of rotatable bonds is 0. The summed E-state index contributed by atoms with van der Waals surface area (Å²) in [5.41, 5.74) is -0.278. The lowest BCUT2D eigenvalue weighted by molar-refractivity contribution is -0.228. The first-order valence-electron chi connectivity index (χ1n) is 7.21. The molecule has 5 atom stereocenters. The Morgan fingerprint density at radius 3 is 2.58 bits per heavy atom. The van der Waals surface area contributed by atoms with Gasteiger partial charge in [-0.1, -0.05) is 20.8 Å². The molecule has 104 valence electrons. The summed E-state index contributed by atoms with van der Waals surface area (Å²) < 4.78 is 10.9. The van der Waals surface area contributed by atoms with Crippen LogP contribution in [0.3, 0.4) is 0 Å². The monoisotopic (exact) mass is 264 g/mol. The van der Waals surface area contributed by atoms with E-state index < -0.39 is 6.29 Å². The number of hydrogen-bond acceptors (Lipinski definition) is 4. The first-order chi connectivity index (χ1) is 8.81. The number of carbonyl (C=O) groups is 2. The molecule has 0 aromatic heterocycles. The summed E-state index contributed by atoms with van der Waals surface area (Å²) in [6.07, 6.45) is 2.71. The molecule has 4 nitrogen and oxygen atoms in total. The smallest absolute Gasteiger partial charge is 0.312 e. The fourth-order valence-electron chi connectivity index (χ4n) is 6.24. The van der Waals surface area contributed by atoms with Gasteiger partial charge in [0, 0.05) is 0 Å². The van der Waals surface area contributed by atoms with E-state index in [4.69, 9.17) is 9.47 Å². The van der Waals surface area contributed by atoms with Gasteiger partial charge >= 0.3 is 11.9 Å². The van der Waals surface area contributed by atoms with E-state index in [2.05, 4.69) is 20.8 Å². The molecule has 4 aliphatic rings. The summed E-state index contributed by atoms with van der Waals surface area (Å²) in [5.74, 6) is -0.0111. The van der Waals surface area contributed by atoms with Gasteiger partial charge in [-0.25, -0.2) is 0 Å². The van der Waals surface area contributed by atoms with Gasteiger partial charge in [-0.05, 0) is 36.0 Å². The molecule has 19 heavy (non-hydrogen) atoms. The molecule has 2 aliphatic heterocycles. The van der Waals surface area contributed by atoms with Crippen LogP contribution in [0.2, 0.25) is 0 Å². The largest absolute Gasteiger partial charge is 0.424 e. The fourth-order valence-corrected chi connectivity index (χ4v) is 6.24. The molecule has 2 saturated carbocycles. The third-order valence-corrected chi connectivity index (χ3v) is 6.40. The zero-order valence-electron chi connectivity index (χ0n) is 11.7. The lowest BCUT2D eigenvalue weighted by Crippen LogP contribution is -2.54. The van der Waals surface area contributed by atoms with Crippen LogP contribution in [-0.2, 0) is 19.1 Å². The van der Waals surface area contributed by atoms with Crippen LogP contribution in [0.15, 0.2) is 0 Å². The molecule has 4 heteroatoms. The van der Waals surface area contributed by atoms with Crippen LogP contribution in [0.4, 0.5) is 0 Å². The normalized spacial score (nSPS) is 53.5. The van der Waals surface area contributed by atoms with Crippen molar-refractivity contribution in [2.45, 2.75) is 52.7 Å². The van der Waals surface area contributed by atoms with E-state index in [1.165, 1.54) is 0 Å². The van der Waals surface area contributed by atoms with Gasteiger partial charge in [-0.2, -0.15) is 0 Å². The van der Waals surface area contributed by atoms with Crippen molar-refractivity contribution in [2.24, 2.45) is 28.1 Å². The Kier molecular flexibility index (Phi) is 1.85. The summed E-state index contributed by atoms with van der Waals surface area (Å²) >= 11 is 0. The fraction of sp³-hybridized carbons (Fsp3) is 0.867. The molecule has 4 rings (SSSR count). The van der Waals surface area contributed by atoms with E-state index in [9.17, 15) is 9.59 Å². The SMILES string of the molecule is CC1(C)C[C@]2(C)CC(=O)O[C@H]3OC(=O)C4CC[C@@H]1C432. The Morgan fingerprint density at radius 1 is 1.11 bits per heavy atom. The summed E-state index contributed by atoms with van der Waals surface area (Å²) in [5, 5.41) is 0. The molecule has 0 aromatic carbocycles. The van der Waals surface area contributed by atoms with Crippen LogP contribution in [0.25, 0.3) is 0 Å². The van der Waals surface area contributed by atoms with Crippen LogP contribution in [-0.4, -0.2) is 18.2 Å². The quantitative estimate of drug-likeness (QED) is 0.630. The van der Waals surface area contributed by atoms with E-state index in [-0.39, 0.29) is 34.1 Å². The van der Waals surface area contributed by atoms with Crippen molar-refractivity contribution in [2.75, 3.05) is 0 Å². The minimum atomic E-state index is -0.634. The molecule has 0 amide bonds. The highest BCUT2D eigenvalue weighted by molar-refractivity contribution is 5.80. The minimum absolute atomic E-state index is 0.0672. The van der Waals surface area contributed by atoms with Crippen LogP contribution in [0.5, 0.6) is 0 Å². The molecule has 2 saturated heterocycles. The van der Waals surface area contributed by atoms with E-state index in [0.29, 0.717) is 12.3 Å². The van der Waals surface area contributed by atoms with Gasteiger partial charge in [0.1, 0.15) is 0 Å². The third kappa shape index (κ3) is 1.05. The second-order valence-electron chi connectivity index (χ2n) is 7.78. The van der Waals surface area contributed by atoms with Crippen molar-refractivity contribution < 1.29 is 19.1 Å². The predicted molar refractivity (Wildman–Crippen MR) is 65.7 cm³/mol. The number of esters is 2. The molecule has 0 radical (unpaired) electrons. The second kappa shape index (κ2) is 2.99. The first-order valence-corrected chi connectivity index (χ1v) is 7.21. The van der Waals surface area contributed by atoms with E-state index >= 15 is 0 Å². The third-order valence-electron chi connectivity index (χ3n) is 6.40. The zero-order chi connectivity index (χ0) is 13.6. The standard InChI is InChI=1S/C15H20O4/c1-13(2)7-14(3)6-10(16)18-12-15(14)8(11(17)19-12)4-5-9(13)15/h8-9,12H,4-7H2,1-3H3/t8?,9-,12-,14-,15?/m0/s1. The summed E-state index contributed by atoms with van der Waals surface area (Å²) in [6, 6.07) is 0. The number of ether oxygens (including phenoxy) is 2. The van der Waals surface area contributed by atoms with E-state index in [1.54, 1.807) is 0 Å². The average molecular weight is 264 g/mol.